The largest absolute Gasteiger partial charge is 0.490 e. The van der Waals surface area contributed by atoms with Gasteiger partial charge in [0.2, 0.25) is 0 Å². The van der Waals surface area contributed by atoms with Gasteiger partial charge in [-0.05, 0) is 30.8 Å². The third-order valence-electron chi connectivity index (χ3n) is 1.91. The van der Waals surface area contributed by atoms with Crippen LogP contribution in [0.2, 0.25) is 0 Å². The summed E-state index contributed by atoms with van der Waals surface area (Å²) in [4.78, 5) is 12.1. The van der Waals surface area contributed by atoms with Crippen LogP contribution in [-0.2, 0) is 4.79 Å². The highest BCUT2D eigenvalue weighted by Gasteiger charge is 2.38. The maximum absolute atomic E-state index is 10.6. The molecule has 0 bridgehead atoms. The normalized spacial score (nSPS) is 10.9. The lowest BCUT2D eigenvalue weighted by molar-refractivity contribution is -0.192. The lowest BCUT2D eigenvalue weighted by Crippen LogP contribution is -2.21. The van der Waals surface area contributed by atoms with Crippen LogP contribution in [0.5, 0.6) is 0 Å². The second-order valence-electron chi connectivity index (χ2n) is 3.27. The molecule has 0 spiro atoms. The van der Waals surface area contributed by atoms with Crippen molar-refractivity contribution in [3.8, 4) is 0 Å². The third-order valence-corrected chi connectivity index (χ3v) is 3.11. The van der Waals surface area contributed by atoms with E-state index in [4.69, 9.17) is 22.1 Å². The van der Waals surface area contributed by atoms with Crippen molar-refractivity contribution in [2.24, 2.45) is 0 Å². The summed E-state index contributed by atoms with van der Waals surface area (Å²) in [5, 5.41) is 7.12. The zero-order chi connectivity index (χ0) is 13.9. The average molecular weight is 295 g/mol. The maximum atomic E-state index is 10.6. The molecule has 0 atom stereocenters. The van der Waals surface area contributed by atoms with E-state index in [-0.39, 0.29) is 0 Å². The quantitative estimate of drug-likeness (QED) is 0.725. The molecule has 0 saturated heterocycles. The van der Waals surface area contributed by atoms with E-state index in [1.165, 1.54) is 15.8 Å². The summed E-state index contributed by atoms with van der Waals surface area (Å²) in [6.07, 6.45) is -5.08. The Morgan fingerprint density at radius 1 is 1.44 bits per heavy atom. The van der Waals surface area contributed by atoms with Crippen LogP contribution in [0.1, 0.15) is 5.56 Å². The summed E-state index contributed by atoms with van der Waals surface area (Å²) in [6, 6.07) is 6.22. The second-order valence-corrected chi connectivity index (χ2v) is 4.98. The number of halogens is 3. The topological polar surface area (TPSA) is 53.1 Å². The molecular weight excluding hydrogens is 287 g/mol. The van der Waals surface area contributed by atoms with Crippen LogP contribution >= 0.6 is 23.6 Å². The SMILES string of the molecule is Cc1cccc2sc(=S)[nH]c12.O=C(O)C(F)(F)F. The number of carboxylic acids is 1. The van der Waals surface area contributed by atoms with Gasteiger partial charge in [-0.15, -0.1) is 11.3 Å². The van der Waals surface area contributed by atoms with Crippen LogP contribution in [-0.4, -0.2) is 22.2 Å². The van der Waals surface area contributed by atoms with Crippen LogP contribution in [0.15, 0.2) is 18.2 Å². The van der Waals surface area contributed by atoms with Gasteiger partial charge in [-0.25, -0.2) is 4.79 Å². The standard InChI is InChI=1S/C8H7NS2.C2HF3O2/c1-5-3-2-4-6-7(5)9-8(10)11-6;3-2(4,5)1(6)7/h2-4H,1H3,(H,9,10);(H,6,7). The lowest BCUT2D eigenvalue weighted by Gasteiger charge is -1.93. The van der Waals surface area contributed by atoms with E-state index in [0.717, 1.165) is 3.95 Å². The van der Waals surface area contributed by atoms with Gasteiger partial charge in [0.25, 0.3) is 0 Å². The number of rotatable bonds is 0. The number of aliphatic carboxylic acids is 1. The van der Waals surface area contributed by atoms with Gasteiger partial charge < -0.3 is 10.1 Å². The van der Waals surface area contributed by atoms with E-state index in [2.05, 4.69) is 30.1 Å². The highest BCUT2D eigenvalue weighted by molar-refractivity contribution is 7.73. The van der Waals surface area contributed by atoms with E-state index < -0.39 is 12.1 Å². The molecule has 3 nitrogen and oxygen atoms in total. The highest BCUT2D eigenvalue weighted by atomic mass is 32.1. The number of nitrogens with one attached hydrogen (secondary N) is 1. The fraction of sp³-hybridized carbons (Fsp3) is 0.200. The van der Waals surface area contributed by atoms with Gasteiger partial charge in [-0.1, -0.05) is 12.1 Å². The van der Waals surface area contributed by atoms with Crippen molar-refractivity contribution >= 4 is 39.7 Å². The summed E-state index contributed by atoms with van der Waals surface area (Å²) < 4.78 is 33.8. The summed E-state index contributed by atoms with van der Waals surface area (Å²) in [6.45, 7) is 2.08. The summed E-state index contributed by atoms with van der Waals surface area (Å²) in [7, 11) is 0. The Morgan fingerprint density at radius 3 is 2.44 bits per heavy atom. The molecular formula is C10H8F3NO2S2. The van der Waals surface area contributed by atoms with Gasteiger partial charge in [0.15, 0.2) is 3.95 Å². The number of aryl methyl sites for hydroxylation is 1. The predicted octanol–water partition coefficient (Wildman–Crippen LogP) is 3.90. The number of thiazole rings is 1. The number of fused-ring (bicyclic) bond motifs is 1. The van der Waals surface area contributed by atoms with Crippen LogP contribution in [0.3, 0.4) is 0 Å². The van der Waals surface area contributed by atoms with Gasteiger partial charge in [-0.2, -0.15) is 13.2 Å². The number of aromatic nitrogens is 1. The molecule has 1 aromatic heterocycles. The molecule has 18 heavy (non-hydrogen) atoms. The number of para-hydroxylation sites is 1. The predicted molar refractivity (Wildman–Crippen MR) is 65.4 cm³/mol. The Hall–Kier alpha value is -1.41. The van der Waals surface area contributed by atoms with Gasteiger partial charge in [0.1, 0.15) is 0 Å². The van der Waals surface area contributed by atoms with Crippen molar-refractivity contribution in [1.82, 2.24) is 4.98 Å². The fourth-order valence-corrected chi connectivity index (χ4v) is 2.30. The molecule has 0 radical (unpaired) electrons. The van der Waals surface area contributed by atoms with Gasteiger partial charge in [0, 0.05) is 0 Å². The Bertz CT molecular complexity index is 615. The van der Waals surface area contributed by atoms with Crippen molar-refractivity contribution in [3.63, 3.8) is 0 Å². The fourth-order valence-electron chi connectivity index (χ4n) is 1.11. The number of alkyl halides is 3. The van der Waals surface area contributed by atoms with Crippen molar-refractivity contribution < 1.29 is 23.1 Å². The zero-order valence-electron chi connectivity index (χ0n) is 9.04. The number of H-pyrrole nitrogens is 1. The minimum Gasteiger partial charge on any atom is -0.475 e. The molecule has 0 amide bonds. The van der Waals surface area contributed by atoms with Crippen LogP contribution < -0.4 is 0 Å². The molecule has 0 aliphatic carbocycles. The molecule has 2 aromatic rings. The molecule has 8 heteroatoms. The summed E-state index contributed by atoms with van der Waals surface area (Å²) >= 11 is 6.66. The van der Waals surface area contributed by atoms with E-state index in [0.29, 0.717) is 0 Å². The number of hydrogen-bond acceptors (Lipinski definition) is 3. The maximum Gasteiger partial charge on any atom is 0.490 e. The molecule has 0 aliphatic rings. The smallest absolute Gasteiger partial charge is 0.475 e. The number of aromatic amines is 1. The molecule has 1 aromatic carbocycles. The van der Waals surface area contributed by atoms with Gasteiger partial charge in [-0.3, -0.25) is 0 Å². The first kappa shape index (κ1) is 14.7. The van der Waals surface area contributed by atoms with Crippen molar-refractivity contribution in [2.45, 2.75) is 13.1 Å². The number of carbonyl (C=O) groups is 1. The minimum absolute atomic E-state index is 0.856. The number of carboxylic acid groups (broad SMARTS) is 1. The Balaban J connectivity index is 0.000000203. The second kappa shape index (κ2) is 5.49. The zero-order valence-corrected chi connectivity index (χ0v) is 10.7. The summed E-state index contributed by atoms with van der Waals surface area (Å²) in [5.41, 5.74) is 2.44. The third kappa shape index (κ3) is 3.81. The lowest BCUT2D eigenvalue weighted by atomic mass is 10.2. The van der Waals surface area contributed by atoms with Crippen molar-refractivity contribution in [1.29, 1.82) is 0 Å². The Kier molecular flexibility index (Phi) is 4.47. The van der Waals surface area contributed by atoms with E-state index in [1.54, 1.807) is 11.3 Å². The molecule has 0 aliphatic heterocycles. The monoisotopic (exact) mass is 295 g/mol. The number of benzene rings is 1. The summed E-state index contributed by atoms with van der Waals surface area (Å²) in [5.74, 6) is -2.76. The molecule has 0 fully saturated rings. The van der Waals surface area contributed by atoms with Crippen molar-refractivity contribution in [3.05, 3.63) is 27.7 Å². The molecule has 2 rings (SSSR count). The van der Waals surface area contributed by atoms with Crippen LogP contribution in [0.25, 0.3) is 10.2 Å². The van der Waals surface area contributed by atoms with Gasteiger partial charge in [0.05, 0.1) is 10.2 Å². The van der Waals surface area contributed by atoms with Gasteiger partial charge >= 0.3 is 12.1 Å². The van der Waals surface area contributed by atoms with Crippen molar-refractivity contribution in [2.75, 3.05) is 0 Å². The molecule has 2 N–H and O–H groups in total. The first-order valence-corrected chi connectivity index (χ1v) is 5.83. The highest BCUT2D eigenvalue weighted by Crippen LogP contribution is 2.21. The van der Waals surface area contributed by atoms with Crippen LogP contribution in [0, 0.1) is 10.9 Å². The first-order chi connectivity index (χ1) is 8.21. The molecule has 98 valence electrons. The van der Waals surface area contributed by atoms with Crippen LogP contribution in [0.4, 0.5) is 13.2 Å². The van der Waals surface area contributed by atoms with E-state index in [9.17, 15) is 13.2 Å². The van der Waals surface area contributed by atoms with E-state index >= 15 is 0 Å². The minimum atomic E-state index is -5.08. The Morgan fingerprint density at radius 2 is 2.00 bits per heavy atom. The molecule has 0 unspecified atom stereocenters. The van der Waals surface area contributed by atoms with E-state index in [1.807, 2.05) is 0 Å². The number of hydrogen-bond donors (Lipinski definition) is 2. The average Bonchev–Trinajstić information content (AvgIpc) is 2.59. The Labute approximate surface area is 109 Å². The molecule has 0 saturated carbocycles. The molecule has 1 heterocycles. The first-order valence-electron chi connectivity index (χ1n) is 4.60.